The molecule has 0 bridgehead atoms. The highest BCUT2D eigenvalue weighted by Gasteiger charge is 2.36. The number of hydrogen-bond donors (Lipinski definition) is 1. The predicted molar refractivity (Wildman–Crippen MR) is 119 cm³/mol. The van der Waals surface area contributed by atoms with Gasteiger partial charge in [-0.25, -0.2) is 17.6 Å². The number of H-pyrrole nitrogens is 1. The molecule has 3 aromatic rings. The Balaban J connectivity index is 2.07. The van der Waals surface area contributed by atoms with Crippen LogP contribution in [0.1, 0.15) is 44.7 Å². The lowest BCUT2D eigenvalue weighted by molar-refractivity contribution is 0.0593. The number of esters is 1. The third-order valence-electron chi connectivity index (χ3n) is 5.35. The van der Waals surface area contributed by atoms with E-state index in [1.165, 1.54) is 20.2 Å². The molecule has 0 saturated carbocycles. The van der Waals surface area contributed by atoms with Gasteiger partial charge >= 0.3 is 5.97 Å². The fraction of sp³-hybridized carbons (Fsp3) is 0.261. The van der Waals surface area contributed by atoms with Crippen molar-refractivity contribution in [3.8, 4) is 0 Å². The van der Waals surface area contributed by atoms with Crippen LogP contribution >= 0.6 is 0 Å². The number of aromatic amines is 1. The second kappa shape index (κ2) is 9.63. The Morgan fingerprint density at radius 1 is 1.15 bits per heavy atom. The Morgan fingerprint density at radius 2 is 1.82 bits per heavy atom. The minimum atomic E-state index is -4.20. The molecule has 2 heterocycles. The van der Waals surface area contributed by atoms with Crippen LogP contribution in [0.25, 0.3) is 0 Å². The minimum Gasteiger partial charge on any atom is -0.464 e. The van der Waals surface area contributed by atoms with E-state index < -0.39 is 33.6 Å². The van der Waals surface area contributed by atoms with E-state index in [1.807, 2.05) is 0 Å². The number of pyridine rings is 1. The first-order chi connectivity index (χ1) is 15.6. The molecule has 3 rings (SSSR count). The third kappa shape index (κ3) is 4.86. The van der Waals surface area contributed by atoms with E-state index >= 15 is 0 Å². The fourth-order valence-electron chi connectivity index (χ4n) is 3.59. The molecule has 0 amide bonds. The van der Waals surface area contributed by atoms with Gasteiger partial charge in [-0.3, -0.25) is 9.78 Å². The normalized spacial score (nSPS) is 12.5. The summed E-state index contributed by atoms with van der Waals surface area (Å²) in [6.45, 7) is 4.50. The zero-order valence-electron chi connectivity index (χ0n) is 18.6. The Bertz CT molecular complexity index is 1270. The van der Waals surface area contributed by atoms with Gasteiger partial charge in [0.25, 0.3) is 0 Å². The molecule has 1 N–H and O–H groups in total. The Kier molecular flexibility index (Phi) is 7.09. The fourth-order valence-corrected chi connectivity index (χ4v) is 5.15. The van der Waals surface area contributed by atoms with Crippen molar-refractivity contribution in [1.29, 1.82) is 0 Å². The largest absolute Gasteiger partial charge is 0.464 e. The molecule has 0 aliphatic carbocycles. The summed E-state index contributed by atoms with van der Waals surface area (Å²) in [7, 11) is -2.98. The first-order valence-electron chi connectivity index (χ1n) is 10.1. The monoisotopic (exact) mass is 473 g/mol. The van der Waals surface area contributed by atoms with Crippen LogP contribution in [-0.2, 0) is 21.3 Å². The Labute approximate surface area is 191 Å². The molecule has 0 fully saturated rings. The summed E-state index contributed by atoms with van der Waals surface area (Å²) >= 11 is 0. The number of methoxy groups -OCH3 is 1. The van der Waals surface area contributed by atoms with E-state index in [0.717, 1.165) is 28.6 Å². The summed E-state index contributed by atoms with van der Waals surface area (Å²) in [6.07, 6.45) is 1.52. The van der Waals surface area contributed by atoms with Crippen molar-refractivity contribution in [2.24, 2.45) is 0 Å². The molecule has 0 spiro atoms. The number of Topliss-reactive ketones (excluding diaryl/α,β-unsaturated/α-hetero) is 1. The van der Waals surface area contributed by atoms with Crippen LogP contribution in [0.15, 0.2) is 53.6 Å². The lowest BCUT2D eigenvalue weighted by Gasteiger charge is -2.27. The van der Waals surface area contributed by atoms with E-state index in [-0.39, 0.29) is 22.7 Å². The number of nitrogens with zero attached hydrogens (tertiary/aromatic N) is 2. The molecule has 1 atom stereocenters. The molecule has 0 radical (unpaired) electrons. The maximum Gasteiger partial charge on any atom is 0.354 e. The molecule has 2 aromatic heterocycles. The topological polar surface area (TPSA) is 109 Å². The molecule has 174 valence electrons. The van der Waals surface area contributed by atoms with Crippen LogP contribution in [0.5, 0.6) is 0 Å². The van der Waals surface area contributed by atoms with Crippen LogP contribution in [0.4, 0.5) is 4.39 Å². The van der Waals surface area contributed by atoms with Crippen LogP contribution in [0.3, 0.4) is 0 Å². The molecule has 8 nitrogen and oxygen atoms in total. The quantitative estimate of drug-likeness (QED) is 0.397. The molecule has 0 aliphatic rings. The maximum absolute atomic E-state index is 13.5. The number of aryl methyl sites for hydroxylation is 1. The zero-order valence-corrected chi connectivity index (χ0v) is 19.4. The number of nitrogens with one attached hydrogen (secondary N) is 1. The van der Waals surface area contributed by atoms with Gasteiger partial charge in [0.15, 0.2) is 5.78 Å². The maximum atomic E-state index is 13.5. The van der Waals surface area contributed by atoms with Gasteiger partial charge in [-0.05, 0) is 62.7 Å². The van der Waals surface area contributed by atoms with Crippen LogP contribution in [-0.4, -0.2) is 47.6 Å². The number of aromatic nitrogens is 2. The van der Waals surface area contributed by atoms with Crippen molar-refractivity contribution < 1.29 is 27.1 Å². The molecule has 0 unspecified atom stereocenters. The number of sulfonamides is 1. The van der Waals surface area contributed by atoms with Crippen molar-refractivity contribution in [2.75, 3.05) is 7.11 Å². The average Bonchev–Trinajstić information content (AvgIpc) is 3.10. The highest BCUT2D eigenvalue weighted by atomic mass is 32.2. The van der Waals surface area contributed by atoms with E-state index in [1.54, 1.807) is 32.0 Å². The highest BCUT2D eigenvalue weighted by Crippen LogP contribution is 2.26. The Morgan fingerprint density at radius 3 is 2.39 bits per heavy atom. The van der Waals surface area contributed by atoms with Gasteiger partial charge in [0, 0.05) is 17.5 Å². The van der Waals surface area contributed by atoms with Gasteiger partial charge in [-0.1, -0.05) is 6.07 Å². The van der Waals surface area contributed by atoms with Gasteiger partial charge in [-0.2, -0.15) is 4.31 Å². The van der Waals surface area contributed by atoms with Crippen molar-refractivity contribution in [2.45, 2.75) is 38.3 Å². The first kappa shape index (κ1) is 24.3. The van der Waals surface area contributed by atoms with Crippen LogP contribution < -0.4 is 0 Å². The van der Waals surface area contributed by atoms with Gasteiger partial charge in [0.05, 0.1) is 30.3 Å². The summed E-state index contributed by atoms with van der Waals surface area (Å²) in [5.74, 6) is -1.71. The number of rotatable bonds is 8. The molecular weight excluding hydrogens is 449 g/mol. The predicted octanol–water partition coefficient (Wildman–Crippen LogP) is 3.41. The van der Waals surface area contributed by atoms with Gasteiger partial charge in [-0.15, -0.1) is 0 Å². The second-order valence-electron chi connectivity index (χ2n) is 7.48. The van der Waals surface area contributed by atoms with Gasteiger partial charge in [0.1, 0.15) is 11.5 Å². The van der Waals surface area contributed by atoms with E-state index in [4.69, 9.17) is 4.74 Å². The van der Waals surface area contributed by atoms with Gasteiger partial charge in [0.2, 0.25) is 10.0 Å². The minimum absolute atomic E-state index is 0.128. The highest BCUT2D eigenvalue weighted by molar-refractivity contribution is 7.89. The number of hydrogen-bond acceptors (Lipinski definition) is 6. The summed E-state index contributed by atoms with van der Waals surface area (Å²) in [4.78, 5) is 32.4. The molecular formula is C23H24FN3O5S. The average molecular weight is 474 g/mol. The summed E-state index contributed by atoms with van der Waals surface area (Å²) in [5, 5.41) is 0. The van der Waals surface area contributed by atoms with E-state index in [0.29, 0.717) is 17.0 Å². The first-order valence-corrected chi connectivity index (χ1v) is 11.5. The lowest BCUT2D eigenvalue weighted by Crippen LogP contribution is -2.43. The zero-order chi connectivity index (χ0) is 24.3. The molecule has 33 heavy (non-hydrogen) atoms. The smallest absolute Gasteiger partial charge is 0.354 e. The molecule has 0 saturated heterocycles. The van der Waals surface area contributed by atoms with Crippen molar-refractivity contribution in [1.82, 2.24) is 14.3 Å². The SMILES string of the molecule is COC(=O)c1[nH]c(C)c(C(=O)[C@@H](C)N(Cc2ccccn2)S(=O)(=O)c2ccc(F)cc2)c1C. The third-order valence-corrected chi connectivity index (χ3v) is 7.28. The molecule has 1 aromatic carbocycles. The second-order valence-corrected chi connectivity index (χ2v) is 9.37. The van der Waals surface area contributed by atoms with Gasteiger partial charge < -0.3 is 9.72 Å². The van der Waals surface area contributed by atoms with Crippen LogP contribution in [0.2, 0.25) is 0 Å². The number of carbonyl (C=O) groups excluding carboxylic acids is 2. The number of ketones is 1. The number of halogens is 1. The number of benzene rings is 1. The van der Waals surface area contributed by atoms with Crippen molar-refractivity contribution in [3.05, 3.63) is 82.7 Å². The van der Waals surface area contributed by atoms with Crippen molar-refractivity contribution >= 4 is 21.8 Å². The lowest BCUT2D eigenvalue weighted by atomic mass is 10.0. The summed E-state index contributed by atoms with van der Waals surface area (Å²) in [5.41, 5.74) is 1.56. The summed E-state index contributed by atoms with van der Waals surface area (Å²) < 4.78 is 46.2. The molecule has 0 aliphatic heterocycles. The standard InChI is InChI=1S/C23H24FN3O5S/c1-14-20(15(2)26-21(14)23(29)32-4)22(28)16(3)27(13-18-7-5-6-12-25-18)33(30,31)19-10-8-17(24)9-11-19/h5-12,16,26H,13H2,1-4H3/t16-/m1/s1. The van der Waals surface area contributed by atoms with E-state index in [9.17, 15) is 22.4 Å². The number of ether oxygens (including phenoxy) is 1. The van der Waals surface area contributed by atoms with E-state index in [2.05, 4.69) is 9.97 Å². The van der Waals surface area contributed by atoms with Crippen molar-refractivity contribution in [3.63, 3.8) is 0 Å². The Hall–Kier alpha value is -3.37. The van der Waals surface area contributed by atoms with Crippen LogP contribution in [0, 0.1) is 19.7 Å². The molecule has 10 heteroatoms. The number of carbonyl (C=O) groups is 2. The summed E-state index contributed by atoms with van der Waals surface area (Å²) in [6, 6.07) is 8.28.